The molecule has 3 aromatic rings. The Morgan fingerprint density at radius 3 is 2.36 bits per heavy atom. The lowest BCUT2D eigenvalue weighted by atomic mass is 9.91. The minimum atomic E-state index is -3.99. The number of sulfone groups is 1. The molecule has 1 aromatic carbocycles. The summed E-state index contributed by atoms with van der Waals surface area (Å²) >= 11 is 5.89. The smallest absolute Gasteiger partial charge is 0.254 e. The van der Waals surface area contributed by atoms with Crippen LogP contribution in [0.2, 0.25) is 5.02 Å². The summed E-state index contributed by atoms with van der Waals surface area (Å²) in [5, 5.41) is 6.55. The molecule has 0 spiro atoms. The summed E-state index contributed by atoms with van der Waals surface area (Å²) in [7, 11) is -0.0948. The zero-order valence-corrected chi connectivity index (χ0v) is 22.0. The standard InChI is InChI=1S/C25H29ClN6O3S/c1-16-15-28-25(31-22(16)32(2)3)30-19-10-8-18(9-11-19)29-23(33)21-5-4-14-27-24(21)36(34,35)20-12-6-17(26)7-13-20/h4-7,12-15,18-19H,8-11H2,1-3H3,(H,29,33)(H,28,30,31). The second kappa shape index (κ2) is 10.8. The van der Waals surface area contributed by atoms with Gasteiger partial charge >= 0.3 is 0 Å². The predicted molar refractivity (Wildman–Crippen MR) is 139 cm³/mol. The summed E-state index contributed by atoms with van der Waals surface area (Å²) in [6.07, 6.45) is 6.31. The largest absolute Gasteiger partial charge is 0.362 e. The molecule has 1 aliphatic rings. The first kappa shape index (κ1) is 25.8. The summed E-state index contributed by atoms with van der Waals surface area (Å²) in [5.41, 5.74) is 1.03. The van der Waals surface area contributed by atoms with Gasteiger partial charge < -0.3 is 15.5 Å². The number of amides is 1. The predicted octanol–water partition coefficient (Wildman–Crippen LogP) is 3.89. The van der Waals surface area contributed by atoms with Crippen molar-refractivity contribution in [2.75, 3.05) is 24.3 Å². The number of aryl methyl sites for hydroxylation is 1. The number of nitrogens with one attached hydrogen (secondary N) is 2. The Morgan fingerprint density at radius 2 is 1.69 bits per heavy atom. The van der Waals surface area contributed by atoms with Crippen molar-refractivity contribution < 1.29 is 13.2 Å². The van der Waals surface area contributed by atoms with Crippen LogP contribution in [0.25, 0.3) is 0 Å². The molecule has 2 heterocycles. The summed E-state index contributed by atoms with van der Waals surface area (Å²) in [5.74, 6) is 1.00. The lowest BCUT2D eigenvalue weighted by molar-refractivity contribution is 0.0922. The summed E-state index contributed by atoms with van der Waals surface area (Å²) in [4.78, 5) is 28.1. The highest BCUT2D eigenvalue weighted by Gasteiger charge is 2.28. The summed E-state index contributed by atoms with van der Waals surface area (Å²) < 4.78 is 26.3. The van der Waals surface area contributed by atoms with E-state index in [0.717, 1.165) is 37.1 Å². The van der Waals surface area contributed by atoms with E-state index in [-0.39, 0.29) is 27.6 Å². The third kappa shape index (κ3) is 5.76. The molecule has 0 bridgehead atoms. The van der Waals surface area contributed by atoms with Crippen LogP contribution in [0.1, 0.15) is 41.6 Å². The Kier molecular flexibility index (Phi) is 7.75. The van der Waals surface area contributed by atoms with Gasteiger partial charge in [-0.2, -0.15) is 4.98 Å². The van der Waals surface area contributed by atoms with Gasteiger partial charge in [0.2, 0.25) is 15.8 Å². The molecule has 36 heavy (non-hydrogen) atoms. The number of hydrogen-bond acceptors (Lipinski definition) is 8. The van der Waals surface area contributed by atoms with Crippen molar-refractivity contribution in [2.45, 2.75) is 54.6 Å². The monoisotopic (exact) mass is 528 g/mol. The van der Waals surface area contributed by atoms with Gasteiger partial charge in [-0.15, -0.1) is 0 Å². The quantitative estimate of drug-likeness (QED) is 0.474. The van der Waals surface area contributed by atoms with Gasteiger partial charge in [0.15, 0.2) is 5.03 Å². The van der Waals surface area contributed by atoms with Gasteiger partial charge in [0.25, 0.3) is 5.91 Å². The zero-order valence-electron chi connectivity index (χ0n) is 20.4. The topological polar surface area (TPSA) is 117 Å². The van der Waals surface area contributed by atoms with Crippen LogP contribution in [-0.4, -0.2) is 55.5 Å². The molecule has 1 fully saturated rings. The first-order valence-electron chi connectivity index (χ1n) is 11.7. The molecule has 2 N–H and O–H groups in total. The number of halogens is 1. The molecule has 0 radical (unpaired) electrons. The average Bonchev–Trinajstić information content (AvgIpc) is 2.86. The molecule has 1 amide bonds. The maximum atomic E-state index is 13.2. The van der Waals surface area contributed by atoms with Crippen molar-refractivity contribution in [1.82, 2.24) is 20.3 Å². The van der Waals surface area contributed by atoms with Gasteiger partial charge in [0.1, 0.15) is 5.82 Å². The zero-order chi connectivity index (χ0) is 25.9. The van der Waals surface area contributed by atoms with Crippen molar-refractivity contribution >= 4 is 39.1 Å². The van der Waals surface area contributed by atoms with Gasteiger partial charge in [0, 0.05) is 49.2 Å². The Bertz CT molecular complexity index is 1340. The van der Waals surface area contributed by atoms with Gasteiger partial charge in [-0.3, -0.25) is 4.79 Å². The molecule has 11 heteroatoms. The molecular weight excluding hydrogens is 500 g/mol. The second-order valence-electron chi connectivity index (χ2n) is 9.07. The fraction of sp³-hybridized carbons (Fsp3) is 0.360. The van der Waals surface area contributed by atoms with Gasteiger partial charge in [0.05, 0.1) is 10.5 Å². The van der Waals surface area contributed by atoms with E-state index in [1.807, 2.05) is 25.9 Å². The van der Waals surface area contributed by atoms with Gasteiger partial charge in [-0.1, -0.05) is 11.6 Å². The van der Waals surface area contributed by atoms with Crippen LogP contribution in [0.15, 0.2) is 58.7 Å². The average molecular weight is 529 g/mol. The fourth-order valence-electron chi connectivity index (χ4n) is 4.29. The van der Waals surface area contributed by atoms with Crippen molar-refractivity contribution in [3.8, 4) is 0 Å². The highest BCUT2D eigenvalue weighted by atomic mass is 35.5. The van der Waals surface area contributed by atoms with Crippen LogP contribution in [0.5, 0.6) is 0 Å². The van der Waals surface area contributed by atoms with E-state index >= 15 is 0 Å². The maximum absolute atomic E-state index is 13.2. The van der Waals surface area contributed by atoms with E-state index in [1.54, 1.807) is 12.3 Å². The van der Waals surface area contributed by atoms with Gasteiger partial charge in [-0.25, -0.2) is 18.4 Å². The fourth-order valence-corrected chi connectivity index (χ4v) is 5.78. The van der Waals surface area contributed by atoms with E-state index < -0.39 is 15.7 Å². The molecule has 4 rings (SSSR count). The number of hydrogen-bond donors (Lipinski definition) is 2. The number of benzene rings is 1. The molecule has 2 aromatic heterocycles. The van der Waals surface area contributed by atoms with Gasteiger partial charge in [-0.05, 0) is 69.0 Å². The van der Waals surface area contributed by atoms with E-state index in [0.29, 0.717) is 11.0 Å². The molecule has 0 saturated heterocycles. The number of anilines is 2. The molecule has 190 valence electrons. The van der Waals surface area contributed by atoms with E-state index in [9.17, 15) is 13.2 Å². The minimum absolute atomic E-state index is 0.0250. The summed E-state index contributed by atoms with van der Waals surface area (Å²) in [6.45, 7) is 1.97. The first-order valence-corrected chi connectivity index (χ1v) is 13.6. The normalized spacial score (nSPS) is 17.9. The number of rotatable bonds is 7. The Hall–Kier alpha value is -3.24. The number of carbonyl (C=O) groups excluding carboxylic acids is 1. The van der Waals surface area contributed by atoms with Crippen molar-refractivity contribution in [2.24, 2.45) is 0 Å². The molecule has 9 nitrogen and oxygen atoms in total. The number of pyridine rings is 1. The van der Waals surface area contributed by atoms with Crippen LogP contribution in [0, 0.1) is 6.92 Å². The van der Waals surface area contributed by atoms with Crippen molar-refractivity contribution in [1.29, 1.82) is 0 Å². The highest BCUT2D eigenvalue weighted by molar-refractivity contribution is 7.91. The van der Waals surface area contributed by atoms with E-state index in [4.69, 9.17) is 11.6 Å². The Morgan fingerprint density at radius 1 is 1.03 bits per heavy atom. The molecule has 1 aliphatic carbocycles. The lowest BCUT2D eigenvalue weighted by Gasteiger charge is -2.30. The number of carbonyl (C=O) groups is 1. The number of aromatic nitrogens is 3. The van der Waals surface area contributed by atoms with E-state index in [1.165, 1.54) is 36.5 Å². The molecule has 0 unspecified atom stereocenters. The molecule has 0 atom stereocenters. The number of nitrogens with zero attached hydrogens (tertiary/aromatic N) is 4. The minimum Gasteiger partial charge on any atom is -0.362 e. The van der Waals surface area contributed by atoms with Crippen LogP contribution in [-0.2, 0) is 9.84 Å². The van der Waals surface area contributed by atoms with Crippen LogP contribution in [0.4, 0.5) is 11.8 Å². The van der Waals surface area contributed by atoms with Crippen LogP contribution >= 0.6 is 11.6 Å². The highest BCUT2D eigenvalue weighted by Crippen LogP contribution is 2.26. The van der Waals surface area contributed by atoms with Crippen molar-refractivity contribution in [3.05, 3.63) is 64.9 Å². The SMILES string of the molecule is Cc1cnc(NC2CCC(NC(=O)c3cccnc3S(=O)(=O)c3ccc(Cl)cc3)CC2)nc1N(C)C. The Balaban J connectivity index is 1.40. The Labute approximate surface area is 216 Å². The lowest BCUT2D eigenvalue weighted by Crippen LogP contribution is -2.40. The third-order valence-corrected chi connectivity index (χ3v) is 8.14. The third-order valence-electron chi connectivity index (χ3n) is 6.16. The summed E-state index contributed by atoms with van der Waals surface area (Å²) in [6, 6.07) is 8.95. The van der Waals surface area contributed by atoms with E-state index in [2.05, 4.69) is 25.6 Å². The molecule has 0 aliphatic heterocycles. The van der Waals surface area contributed by atoms with Crippen LogP contribution < -0.4 is 15.5 Å². The van der Waals surface area contributed by atoms with Crippen molar-refractivity contribution in [3.63, 3.8) is 0 Å². The molecule has 1 saturated carbocycles. The first-order chi connectivity index (χ1) is 17.1. The molecular formula is C25H29ClN6O3S. The maximum Gasteiger partial charge on any atom is 0.254 e. The van der Waals surface area contributed by atoms with Crippen LogP contribution in [0.3, 0.4) is 0 Å². The second-order valence-corrected chi connectivity index (χ2v) is 11.4.